The molecule has 0 spiro atoms. The van der Waals surface area contributed by atoms with Crippen LogP contribution in [0.3, 0.4) is 0 Å². The predicted octanol–water partition coefficient (Wildman–Crippen LogP) is 3.04. The standard InChI is InChI=1S/C18H14N4O2/c23-18(24)17-16(22(21-20-17)13-6-2-1-3-7-13)10-12-11-19-15-9-5-4-8-14(12)15/h1-9,11,19H,10H2,(H,23,24). The van der Waals surface area contributed by atoms with E-state index in [2.05, 4.69) is 15.3 Å². The zero-order valence-electron chi connectivity index (χ0n) is 12.7. The summed E-state index contributed by atoms with van der Waals surface area (Å²) in [5.41, 5.74) is 3.34. The molecule has 2 aromatic heterocycles. The highest BCUT2D eigenvalue weighted by molar-refractivity contribution is 5.88. The molecule has 0 saturated carbocycles. The third-order valence-corrected chi connectivity index (χ3v) is 4.00. The first-order valence-electron chi connectivity index (χ1n) is 7.52. The van der Waals surface area contributed by atoms with Gasteiger partial charge in [-0.05, 0) is 23.8 Å². The third kappa shape index (κ3) is 2.34. The summed E-state index contributed by atoms with van der Waals surface area (Å²) in [6.07, 6.45) is 2.33. The maximum Gasteiger partial charge on any atom is 0.358 e. The Morgan fingerprint density at radius 3 is 2.62 bits per heavy atom. The van der Waals surface area contributed by atoms with E-state index >= 15 is 0 Å². The summed E-state index contributed by atoms with van der Waals surface area (Å²) >= 11 is 0. The summed E-state index contributed by atoms with van der Waals surface area (Å²) < 4.78 is 1.59. The van der Waals surface area contributed by atoms with Gasteiger partial charge in [-0.3, -0.25) is 0 Å². The van der Waals surface area contributed by atoms with E-state index in [1.165, 1.54) is 0 Å². The average molecular weight is 318 g/mol. The molecule has 0 atom stereocenters. The summed E-state index contributed by atoms with van der Waals surface area (Å²) in [5.74, 6) is -1.08. The first kappa shape index (κ1) is 14.2. The van der Waals surface area contributed by atoms with Gasteiger partial charge in [-0.1, -0.05) is 41.6 Å². The molecule has 0 radical (unpaired) electrons. The van der Waals surface area contributed by atoms with E-state index in [9.17, 15) is 9.90 Å². The van der Waals surface area contributed by atoms with Crippen molar-refractivity contribution in [2.45, 2.75) is 6.42 Å². The Bertz CT molecular complexity index is 1020. The van der Waals surface area contributed by atoms with Crippen molar-refractivity contribution in [2.24, 2.45) is 0 Å². The van der Waals surface area contributed by atoms with E-state index in [-0.39, 0.29) is 5.69 Å². The van der Waals surface area contributed by atoms with Crippen LogP contribution in [0.2, 0.25) is 0 Å². The van der Waals surface area contributed by atoms with Gasteiger partial charge < -0.3 is 10.1 Å². The molecule has 118 valence electrons. The van der Waals surface area contributed by atoms with Gasteiger partial charge in [0.15, 0.2) is 5.69 Å². The molecule has 24 heavy (non-hydrogen) atoms. The first-order chi connectivity index (χ1) is 11.7. The fraction of sp³-hybridized carbons (Fsp3) is 0.0556. The molecule has 0 unspecified atom stereocenters. The van der Waals surface area contributed by atoms with Crippen LogP contribution in [0.5, 0.6) is 0 Å². The second-order valence-corrected chi connectivity index (χ2v) is 5.47. The lowest BCUT2D eigenvalue weighted by molar-refractivity contribution is 0.0689. The number of carbonyl (C=O) groups is 1. The van der Waals surface area contributed by atoms with Crippen molar-refractivity contribution >= 4 is 16.9 Å². The van der Waals surface area contributed by atoms with Gasteiger partial charge in [-0.2, -0.15) is 0 Å². The molecule has 0 saturated heterocycles. The molecule has 6 nitrogen and oxygen atoms in total. The fourth-order valence-electron chi connectivity index (χ4n) is 2.86. The number of H-pyrrole nitrogens is 1. The number of aromatic carboxylic acids is 1. The summed E-state index contributed by atoms with van der Waals surface area (Å²) in [5, 5.41) is 18.4. The van der Waals surface area contributed by atoms with Gasteiger partial charge in [0.2, 0.25) is 0 Å². The highest BCUT2D eigenvalue weighted by Crippen LogP contribution is 2.23. The number of hydrogen-bond acceptors (Lipinski definition) is 3. The molecule has 0 fully saturated rings. The molecule has 2 N–H and O–H groups in total. The van der Waals surface area contributed by atoms with E-state index in [0.29, 0.717) is 12.1 Å². The van der Waals surface area contributed by atoms with Crippen molar-refractivity contribution in [2.75, 3.05) is 0 Å². The fourth-order valence-corrected chi connectivity index (χ4v) is 2.86. The highest BCUT2D eigenvalue weighted by Gasteiger charge is 2.21. The number of aromatic amines is 1. The van der Waals surface area contributed by atoms with Crippen LogP contribution >= 0.6 is 0 Å². The lowest BCUT2D eigenvalue weighted by atomic mass is 10.1. The lowest BCUT2D eigenvalue weighted by Gasteiger charge is -2.06. The lowest BCUT2D eigenvalue weighted by Crippen LogP contribution is -2.07. The maximum atomic E-state index is 11.5. The van der Waals surface area contributed by atoms with Crippen LogP contribution in [-0.4, -0.2) is 31.1 Å². The van der Waals surface area contributed by atoms with Crippen LogP contribution in [0.4, 0.5) is 0 Å². The van der Waals surface area contributed by atoms with Gasteiger partial charge in [0.05, 0.1) is 11.4 Å². The van der Waals surface area contributed by atoms with Crippen molar-refractivity contribution < 1.29 is 9.90 Å². The van der Waals surface area contributed by atoms with Crippen LogP contribution in [0, 0.1) is 0 Å². The molecule has 4 aromatic rings. The highest BCUT2D eigenvalue weighted by atomic mass is 16.4. The van der Waals surface area contributed by atoms with Gasteiger partial charge in [-0.25, -0.2) is 9.48 Å². The van der Waals surface area contributed by atoms with Crippen molar-refractivity contribution in [1.82, 2.24) is 20.0 Å². The molecule has 0 aliphatic rings. The first-order valence-corrected chi connectivity index (χ1v) is 7.52. The van der Waals surface area contributed by atoms with E-state index in [4.69, 9.17) is 0 Å². The molecule has 2 heterocycles. The summed E-state index contributed by atoms with van der Waals surface area (Å²) in [6.45, 7) is 0. The second-order valence-electron chi connectivity index (χ2n) is 5.47. The van der Waals surface area contributed by atoms with Gasteiger partial charge in [0, 0.05) is 23.5 Å². The van der Waals surface area contributed by atoms with Crippen LogP contribution in [0.1, 0.15) is 21.7 Å². The molecule has 0 aliphatic heterocycles. The van der Waals surface area contributed by atoms with Crippen LogP contribution < -0.4 is 0 Å². The molecular weight excluding hydrogens is 304 g/mol. The van der Waals surface area contributed by atoms with Crippen molar-refractivity contribution in [3.63, 3.8) is 0 Å². The smallest absolute Gasteiger partial charge is 0.358 e. The number of benzene rings is 2. The largest absolute Gasteiger partial charge is 0.476 e. The molecule has 0 aliphatic carbocycles. The number of hydrogen-bond donors (Lipinski definition) is 2. The number of rotatable bonds is 4. The van der Waals surface area contributed by atoms with Gasteiger partial charge in [-0.15, -0.1) is 5.10 Å². The molecular formula is C18H14N4O2. The van der Waals surface area contributed by atoms with Crippen LogP contribution in [0.25, 0.3) is 16.6 Å². The predicted molar refractivity (Wildman–Crippen MR) is 89.4 cm³/mol. The van der Waals surface area contributed by atoms with Crippen molar-refractivity contribution in [3.05, 3.63) is 77.7 Å². The number of carboxylic acids is 1. The Balaban J connectivity index is 1.84. The quantitative estimate of drug-likeness (QED) is 0.606. The topological polar surface area (TPSA) is 83.8 Å². The second kappa shape index (κ2) is 5.66. The van der Waals surface area contributed by atoms with E-state index in [1.807, 2.05) is 60.8 Å². The number of aromatic nitrogens is 4. The summed E-state index contributed by atoms with van der Waals surface area (Å²) in [6, 6.07) is 17.3. The maximum absolute atomic E-state index is 11.5. The normalized spacial score (nSPS) is 11.0. The molecule has 4 rings (SSSR count). The molecule has 0 bridgehead atoms. The number of nitrogens with one attached hydrogen (secondary N) is 1. The van der Waals surface area contributed by atoms with Gasteiger partial charge in [0.25, 0.3) is 0 Å². The Hall–Kier alpha value is -3.41. The minimum absolute atomic E-state index is 0.0239. The van der Waals surface area contributed by atoms with Crippen molar-refractivity contribution in [3.8, 4) is 5.69 Å². The number of carboxylic acid groups (broad SMARTS) is 1. The molecule has 0 amide bonds. The van der Waals surface area contributed by atoms with Crippen LogP contribution in [-0.2, 0) is 6.42 Å². The third-order valence-electron chi connectivity index (χ3n) is 4.00. The average Bonchev–Trinajstić information content (AvgIpc) is 3.21. The van der Waals surface area contributed by atoms with Crippen molar-refractivity contribution in [1.29, 1.82) is 0 Å². The van der Waals surface area contributed by atoms with Gasteiger partial charge >= 0.3 is 5.97 Å². The number of nitrogens with zero attached hydrogens (tertiary/aromatic N) is 3. The van der Waals surface area contributed by atoms with Crippen LogP contribution in [0.15, 0.2) is 60.8 Å². The Labute approximate surface area is 137 Å². The summed E-state index contributed by atoms with van der Waals surface area (Å²) in [7, 11) is 0. The zero-order valence-corrected chi connectivity index (χ0v) is 12.7. The SMILES string of the molecule is O=C(O)c1nnn(-c2ccccc2)c1Cc1c[nH]c2ccccc12. The molecule has 6 heteroatoms. The summed E-state index contributed by atoms with van der Waals surface area (Å²) in [4.78, 5) is 14.7. The minimum Gasteiger partial charge on any atom is -0.476 e. The van der Waals surface area contributed by atoms with E-state index < -0.39 is 5.97 Å². The number of fused-ring (bicyclic) bond motifs is 1. The van der Waals surface area contributed by atoms with Gasteiger partial charge in [0.1, 0.15) is 0 Å². The zero-order chi connectivity index (χ0) is 16.5. The molecule has 2 aromatic carbocycles. The van der Waals surface area contributed by atoms with E-state index in [0.717, 1.165) is 22.2 Å². The minimum atomic E-state index is -1.08. The van der Waals surface area contributed by atoms with E-state index in [1.54, 1.807) is 4.68 Å². The monoisotopic (exact) mass is 318 g/mol. The Kier molecular flexibility index (Phi) is 3.35. The number of para-hydroxylation sites is 2. The Morgan fingerprint density at radius 1 is 1.08 bits per heavy atom. The Morgan fingerprint density at radius 2 is 1.83 bits per heavy atom.